The van der Waals surface area contributed by atoms with Crippen LogP contribution >= 0.6 is 22.6 Å². The van der Waals surface area contributed by atoms with E-state index < -0.39 is 0 Å². The lowest BCUT2D eigenvalue weighted by molar-refractivity contribution is -0.118. The van der Waals surface area contributed by atoms with Gasteiger partial charge in [-0.25, -0.2) is 4.98 Å². The van der Waals surface area contributed by atoms with Crippen LogP contribution in [0.2, 0.25) is 0 Å². The molecule has 0 fully saturated rings. The maximum absolute atomic E-state index is 12.1. The van der Waals surface area contributed by atoms with E-state index in [1.807, 2.05) is 72.8 Å². The average Bonchev–Trinajstić information content (AvgIpc) is 3.12. The SMILES string of the molecule is O=C(COc1ccc(I)cc1)Nc1ccc(-c2nc3ccccc3o2)cc1. The molecule has 1 N–H and O–H groups in total. The highest BCUT2D eigenvalue weighted by molar-refractivity contribution is 14.1. The Labute approximate surface area is 169 Å². The van der Waals surface area contributed by atoms with Gasteiger partial charge in [0.25, 0.3) is 5.91 Å². The zero-order chi connectivity index (χ0) is 18.6. The summed E-state index contributed by atoms with van der Waals surface area (Å²) in [5, 5.41) is 2.81. The number of ether oxygens (including phenoxy) is 1. The summed E-state index contributed by atoms with van der Waals surface area (Å²) in [5.41, 5.74) is 3.10. The van der Waals surface area contributed by atoms with Gasteiger partial charge in [0.15, 0.2) is 12.2 Å². The summed E-state index contributed by atoms with van der Waals surface area (Å²) in [7, 11) is 0. The van der Waals surface area contributed by atoms with E-state index in [4.69, 9.17) is 9.15 Å². The number of oxazole rings is 1. The van der Waals surface area contributed by atoms with Gasteiger partial charge in [-0.15, -0.1) is 0 Å². The lowest BCUT2D eigenvalue weighted by Gasteiger charge is -2.08. The standard InChI is InChI=1S/C21H15IN2O3/c22-15-7-11-17(12-8-15)26-13-20(25)23-16-9-5-14(6-10-16)21-24-18-3-1-2-4-19(18)27-21/h1-12H,13H2,(H,23,25). The van der Waals surface area contributed by atoms with E-state index in [-0.39, 0.29) is 12.5 Å². The molecular weight excluding hydrogens is 455 g/mol. The van der Waals surface area contributed by atoms with E-state index in [2.05, 4.69) is 32.9 Å². The Bertz CT molecular complexity index is 1040. The zero-order valence-electron chi connectivity index (χ0n) is 14.2. The molecular formula is C21H15IN2O3. The Morgan fingerprint density at radius 1 is 1.00 bits per heavy atom. The third-order valence-electron chi connectivity index (χ3n) is 3.89. The van der Waals surface area contributed by atoms with Crippen molar-refractivity contribution < 1.29 is 13.9 Å². The van der Waals surface area contributed by atoms with E-state index in [0.717, 1.165) is 20.2 Å². The summed E-state index contributed by atoms with van der Waals surface area (Å²) in [6, 6.07) is 22.5. The Kier molecular flexibility index (Phi) is 5.06. The number of amides is 1. The van der Waals surface area contributed by atoms with Crippen molar-refractivity contribution in [1.29, 1.82) is 0 Å². The molecule has 4 rings (SSSR count). The van der Waals surface area contributed by atoms with Crippen LogP contribution in [-0.4, -0.2) is 17.5 Å². The van der Waals surface area contributed by atoms with Crippen LogP contribution in [0, 0.1) is 3.57 Å². The summed E-state index contributed by atoms with van der Waals surface area (Å²) >= 11 is 2.22. The van der Waals surface area contributed by atoms with Gasteiger partial charge in [0, 0.05) is 14.8 Å². The van der Waals surface area contributed by atoms with Crippen molar-refractivity contribution in [3.8, 4) is 17.2 Å². The second-order valence-corrected chi connectivity index (χ2v) is 7.10. The number of benzene rings is 3. The third-order valence-corrected chi connectivity index (χ3v) is 4.61. The molecule has 0 aliphatic heterocycles. The van der Waals surface area contributed by atoms with E-state index in [0.29, 0.717) is 17.3 Å². The molecule has 0 unspecified atom stereocenters. The minimum Gasteiger partial charge on any atom is -0.484 e. The highest BCUT2D eigenvalue weighted by Crippen LogP contribution is 2.25. The monoisotopic (exact) mass is 470 g/mol. The molecule has 0 saturated heterocycles. The number of para-hydroxylation sites is 2. The lowest BCUT2D eigenvalue weighted by atomic mass is 10.2. The third kappa shape index (κ3) is 4.28. The Morgan fingerprint density at radius 2 is 1.74 bits per heavy atom. The molecule has 134 valence electrons. The minimum atomic E-state index is -0.219. The van der Waals surface area contributed by atoms with E-state index in [1.54, 1.807) is 0 Å². The van der Waals surface area contributed by atoms with E-state index in [9.17, 15) is 4.79 Å². The summed E-state index contributed by atoms with van der Waals surface area (Å²) in [4.78, 5) is 16.5. The Hall–Kier alpha value is -2.87. The van der Waals surface area contributed by atoms with Crippen LogP contribution in [0.3, 0.4) is 0 Å². The quantitative estimate of drug-likeness (QED) is 0.412. The number of nitrogens with one attached hydrogen (secondary N) is 1. The lowest BCUT2D eigenvalue weighted by Crippen LogP contribution is -2.20. The van der Waals surface area contributed by atoms with E-state index >= 15 is 0 Å². The van der Waals surface area contributed by atoms with Gasteiger partial charge in [0.05, 0.1) is 0 Å². The fourth-order valence-electron chi connectivity index (χ4n) is 2.57. The van der Waals surface area contributed by atoms with Crippen molar-refractivity contribution >= 4 is 45.3 Å². The molecule has 5 nitrogen and oxygen atoms in total. The first-order valence-corrected chi connectivity index (χ1v) is 9.39. The fourth-order valence-corrected chi connectivity index (χ4v) is 2.93. The molecule has 0 bridgehead atoms. The highest BCUT2D eigenvalue weighted by Gasteiger charge is 2.09. The van der Waals surface area contributed by atoms with Gasteiger partial charge in [0.2, 0.25) is 5.89 Å². The average molecular weight is 470 g/mol. The van der Waals surface area contributed by atoms with Crippen molar-refractivity contribution in [1.82, 2.24) is 4.98 Å². The van der Waals surface area contributed by atoms with Gasteiger partial charge in [-0.1, -0.05) is 12.1 Å². The number of fused-ring (bicyclic) bond motifs is 1. The molecule has 27 heavy (non-hydrogen) atoms. The first kappa shape index (κ1) is 17.5. The predicted octanol–water partition coefficient (Wildman–Crippen LogP) is 5.12. The molecule has 0 aliphatic rings. The van der Waals surface area contributed by atoms with Crippen LogP contribution in [0.1, 0.15) is 0 Å². The summed E-state index contributed by atoms with van der Waals surface area (Å²) in [6.07, 6.45) is 0. The number of carbonyl (C=O) groups excluding carboxylic acids is 1. The topological polar surface area (TPSA) is 64.4 Å². The number of hydrogen-bond acceptors (Lipinski definition) is 4. The fraction of sp³-hybridized carbons (Fsp3) is 0.0476. The van der Waals surface area contributed by atoms with Crippen LogP contribution in [0.15, 0.2) is 77.2 Å². The smallest absolute Gasteiger partial charge is 0.262 e. The van der Waals surface area contributed by atoms with Crippen LogP contribution in [0.5, 0.6) is 5.75 Å². The molecule has 0 atom stereocenters. The van der Waals surface area contributed by atoms with Gasteiger partial charge in [0.1, 0.15) is 11.3 Å². The number of hydrogen-bond donors (Lipinski definition) is 1. The zero-order valence-corrected chi connectivity index (χ0v) is 16.3. The summed E-state index contributed by atoms with van der Waals surface area (Å²) < 4.78 is 12.3. The molecule has 4 aromatic rings. The van der Waals surface area contributed by atoms with Gasteiger partial charge in [-0.2, -0.15) is 0 Å². The van der Waals surface area contributed by atoms with Crippen LogP contribution in [0.25, 0.3) is 22.6 Å². The first-order chi connectivity index (χ1) is 13.2. The molecule has 1 amide bonds. The molecule has 0 spiro atoms. The second-order valence-electron chi connectivity index (χ2n) is 5.85. The minimum absolute atomic E-state index is 0.0481. The van der Waals surface area contributed by atoms with Gasteiger partial charge >= 0.3 is 0 Å². The number of carbonyl (C=O) groups is 1. The number of aromatic nitrogens is 1. The first-order valence-electron chi connectivity index (χ1n) is 8.32. The molecule has 0 aliphatic carbocycles. The molecule has 0 saturated carbocycles. The Morgan fingerprint density at radius 3 is 2.48 bits per heavy atom. The van der Waals surface area contributed by atoms with Crippen LogP contribution in [-0.2, 0) is 4.79 Å². The maximum Gasteiger partial charge on any atom is 0.262 e. The molecule has 1 heterocycles. The Balaban J connectivity index is 1.38. The van der Waals surface area contributed by atoms with E-state index in [1.165, 1.54) is 0 Å². The molecule has 3 aromatic carbocycles. The van der Waals surface area contributed by atoms with Crippen LogP contribution in [0.4, 0.5) is 5.69 Å². The number of rotatable bonds is 5. The molecule has 1 aromatic heterocycles. The van der Waals surface area contributed by atoms with Crippen LogP contribution < -0.4 is 10.1 Å². The van der Waals surface area contributed by atoms with Gasteiger partial charge in [-0.05, 0) is 83.3 Å². The van der Waals surface area contributed by atoms with Gasteiger partial charge < -0.3 is 14.5 Å². The molecule has 0 radical (unpaired) electrons. The summed E-state index contributed by atoms with van der Waals surface area (Å²) in [6.45, 7) is -0.0481. The van der Waals surface area contributed by atoms with Crippen molar-refractivity contribution in [3.05, 3.63) is 76.4 Å². The number of nitrogens with zero attached hydrogens (tertiary/aromatic N) is 1. The second kappa shape index (κ2) is 7.79. The van der Waals surface area contributed by atoms with Crippen molar-refractivity contribution in [2.24, 2.45) is 0 Å². The van der Waals surface area contributed by atoms with Crippen molar-refractivity contribution in [2.75, 3.05) is 11.9 Å². The predicted molar refractivity (Wildman–Crippen MR) is 113 cm³/mol. The number of anilines is 1. The largest absolute Gasteiger partial charge is 0.484 e. The van der Waals surface area contributed by atoms with Gasteiger partial charge in [-0.3, -0.25) is 4.79 Å². The summed E-state index contributed by atoms with van der Waals surface area (Å²) in [5.74, 6) is 0.996. The molecule has 6 heteroatoms. The van der Waals surface area contributed by atoms with Crippen molar-refractivity contribution in [2.45, 2.75) is 0 Å². The van der Waals surface area contributed by atoms with Crippen molar-refractivity contribution in [3.63, 3.8) is 0 Å². The highest BCUT2D eigenvalue weighted by atomic mass is 127. The number of halogens is 1. The maximum atomic E-state index is 12.1. The normalized spacial score (nSPS) is 10.7.